The number of benzene rings is 1. The summed E-state index contributed by atoms with van der Waals surface area (Å²) < 4.78 is 1.37. The van der Waals surface area contributed by atoms with Crippen LogP contribution in [0.5, 0.6) is 0 Å². The minimum absolute atomic E-state index is 0.433. The summed E-state index contributed by atoms with van der Waals surface area (Å²) in [5.74, 6) is 0. The average molecular weight is 176 g/mol. The molecule has 0 atom stereocenters. The van der Waals surface area contributed by atoms with Crippen LogP contribution in [0.3, 0.4) is 0 Å². The van der Waals surface area contributed by atoms with Gasteiger partial charge in [-0.2, -0.15) is 0 Å². The molecule has 0 unspecified atom stereocenters. The standard InChI is InChI=1S/C9H8N2O2/c12-10-6-9(11(13)7-10)8-4-2-1-3-5-8/h1-7,12H. The van der Waals surface area contributed by atoms with E-state index in [4.69, 9.17) is 5.21 Å². The van der Waals surface area contributed by atoms with Gasteiger partial charge < -0.3 is 10.4 Å². The molecule has 0 bridgehead atoms. The van der Waals surface area contributed by atoms with E-state index >= 15 is 0 Å². The van der Waals surface area contributed by atoms with E-state index in [1.54, 1.807) is 0 Å². The fraction of sp³-hybridized carbons (Fsp3) is 0. The van der Waals surface area contributed by atoms with Gasteiger partial charge >= 0.3 is 0 Å². The summed E-state index contributed by atoms with van der Waals surface area (Å²) in [7, 11) is 0. The Bertz CT molecular complexity index is 409. The van der Waals surface area contributed by atoms with Crippen LogP contribution in [0.4, 0.5) is 0 Å². The van der Waals surface area contributed by atoms with Crippen LogP contribution < -0.4 is 4.73 Å². The molecule has 0 saturated heterocycles. The molecule has 1 N–H and O–H groups in total. The highest BCUT2D eigenvalue weighted by molar-refractivity contribution is 5.54. The van der Waals surface area contributed by atoms with Crippen molar-refractivity contribution in [2.45, 2.75) is 0 Å². The molecule has 2 rings (SSSR count). The van der Waals surface area contributed by atoms with Crippen molar-refractivity contribution in [3.8, 4) is 11.3 Å². The maximum Gasteiger partial charge on any atom is 0.287 e. The zero-order chi connectivity index (χ0) is 9.26. The molecular weight excluding hydrogens is 168 g/mol. The largest absolute Gasteiger partial charge is 0.710 e. The van der Waals surface area contributed by atoms with E-state index in [2.05, 4.69) is 0 Å². The molecular formula is C9H8N2O2. The predicted molar refractivity (Wildman–Crippen MR) is 46.0 cm³/mol. The summed E-state index contributed by atoms with van der Waals surface area (Å²) in [6.07, 6.45) is 2.42. The van der Waals surface area contributed by atoms with Crippen LogP contribution in [-0.4, -0.2) is 9.94 Å². The van der Waals surface area contributed by atoms with Crippen LogP contribution in [0, 0.1) is 5.21 Å². The first-order valence-electron chi connectivity index (χ1n) is 3.83. The van der Waals surface area contributed by atoms with Gasteiger partial charge in [-0.1, -0.05) is 35.1 Å². The van der Waals surface area contributed by atoms with Gasteiger partial charge in [-0.15, -0.1) is 0 Å². The number of aromatic nitrogens is 2. The molecule has 1 heterocycles. The zero-order valence-electron chi connectivity index (χ0n) is 6.79. The zero-order valence-corrected chi connectivity index (χ0v) is 6.79. The summed E-state index contributed by atoms with van der Waals surface area (Å²) in [6, 6.07) is 9.16. The minimum atomic E-state index is 0.433. The molecule has 0 aliphatic rings. The molecule has 0 aliphatic heterocycles. The van der Waals surface area contributed by atoms with Gasteiger partial charge in [0, 0.05) is 5.56 Å². The van der Waals surface area contributed by atoms with Gasteiger partial charge in [0.1, 0.15) is 0 Å². The first-order valence-corrected chi connectivity index (χ1v) is 3.83. The molecule has 0 saturated carbocycles. The fourth-order valence-electron chi connectivity index (χ4n) is 1.20. The third-order valence-electron chi connectivity index (χ3n) is 1.78. The normalized spacial score (nSPS) is 10.2. The summed E-state index contributed by atoms with van der Waals surface area (Å²) in [6.45, 7) is 0. The molecule has 0 spiro atoms. The third-order valence-corrected chi connectivity index (χ3v) is 1.78. The van der Waals surface area contributed by atoms with Crippen molar-refractivity contribution in [1.29, 1.82) is 0 Å². The van der Waals surface area contributed by atoms with Gasteiger partial charge in [0.25, 0.3) is 6.33 Å². The lowest BCUT2D eigenvalue weighted by Crippen LogP contribution is -2.25. The van der Waals surface area contributed by atoms with Crippen molar-refractivity contribution in [1.82, 2.24) is 4.73 Å². The summed E-state index contributed by atoms with van der Waals surface area (Å²) in [4.78, 5) is 0. The number of imidazole rings is 1. The fourth-order valence-corrected chi connectivity index (χ4v) is 1.20. The van der Waals surface area contributed by atoms with Crippen LogP contribution in [0.25, 0.3) is 11.3 Å². The molecule has 0 radical (unpaired) electrons. The molecule has 2 aromatic rings. The monoisotopic (exact) mass is 176 g/mol. The minimum Gasteiger partial charge on any atom is -0.710 e. The summed E-state index contributed by atoms with van der Waals surface area (Å²) in [5, 5.41) is 20.2. The van der Waals surface area contributed by atoms with E-state index in [0.29, 0.717) is 10.4 Å². The Hall–Kier alpha value is -1.97. The van der Waals surface area contributed by atoms with Crippen LogP contribution in [0.1, 0.15) is 0 Å². The van der Waals surface area contributed by atoms with E-state index in [-0.39, 0.29) is 0 Å². The van der Waals surface area contributed by atoms with Gasteiger partial charge in [-0.25, -0.2) is 4.73 Å². The van der Waals surface area contributed by atoms with Crippen LogP contribution >= 0.6 is 0 Å². The SMILES string of the molecule is [O-][n+]1cn(O)cc1-c1ccccc1. The summed E-state index contributed by atoms with van der Waals surface area (Å²) >= 11 is 0. The quantitative estimate of drug-likeness (QED) is 0.400. The Labute approximate surface area is 74.8 Å². The molecule has 0 fully saturated rings. The highest BCUT2D eigenvalue weighted by Gasteiger charge is 2.08. The molecule has 66 valence electrons. The Kier molecular flexibility index (Phi) is 1.66. The molecule has 4 nitrogen and oxygen atoms in total. The van der Waals surface area contributed by atoms with Crippen molar-refractivity contribution in [2.24, 2.45) is 0 Å². The number of nitrogens with zero attached hydrogens (tertiary/aromatic N) is 2. The Morgan fingerprint density at radius 1 is 1.23 bits per heavy atom. The van der Waals surface area contributed by atoms with Gasteiger partial charge in [-0.3, -0.25) is 0 Å². The molecule has 1 aromatic heterocycles. The van der Waals surface area contributed by atoms with Crippen molar-refractivity contribution in [2.75, 3.05) is 0 Å². The number of hydrogen-bond acceptors (Lipinski definition) is 2. The van der Waals surface area contributed by atoms with Crippen LogP contribution in [-0.2, 0) is 0 Å². The van der Waals surface area contributed by atoms with Crippen molar-refractivity contribution in [3.63, 3.8) is 0 Å². The molecule has 0 aliphatic carbocycles. The Morgan fingerprint density at radius 3 is 2.46 bits per heavy atom. The second kappa shape index (κ2) is 2.82. The second-order valence-electron chi connectivity index (χ2n) is 2.70. The maximum atomic E-state index is 11.2. The molecule has 1 aromatic carbocycles. The Balaban J connectivity index is 2.53. The lowest BCUT2D eigenvalue weighted by Gasteiger charge is -2.00. The first-order chi connectivity index (χ1) is 6.27. The lowest BCUT2D eigenvalue weighted by molar-refractivity contribution is -0.595. The van der Waals surface area contributed by atoms with Crippen molar-refractivity contribution >= 4 is 0 Å². The van der Waals surface area contributed by atoms with Gasteiger partial charge in [-0.05, 0) is 0 Å². The van der Waals surface area contributed by atoms with E-state index in [1.807, 2.05) is 30.3 Å². The average Bonchev–Trinajstić information content (AvgIpc) is 2.47. The Morgan fingerprint density at radius 2 is 1.92 bits per heavy atom. The highest BCUT2D eigenvalue weighted by atomic mass is 16.5. The van der Waals surface area contributed by atoms with Crippen LogP contribution in [0.15, 0.2) is 42.9 Å². The van der Waals surface area contributed by atoms with Crippen LogP contribution in [0.2, 0.25) is 0 Å². The smallest absolute Gasteiger partial charge is 0.287 e. The van der Waals surface area contributed by atoms with Gasteiger partial charge in [0.05, 0.1) is 0 Å². The summed E-state index contributed by atoms with van der Waals surface area (Å²) in [5.41, 5.74) is 1.22. The molecule has 13 heavy (non-hydrogen) atoms. The van der Waals surface area contributed by atoms with E-state index in [1.165, 1.54) is 6.20 Å². The van der Waals surface area contributed by atoms with E-state index in [0.717, 1.165) is 16.6 Å². The number of rotatable bonds is 1. The molecule has 0 amide bonds. The van der Waals surface area contributed by atoms with Gasteiger partial charge in [0.2, 0.25) is 0 Å². The maximum absolute atomic E-state index is 11.2. The molecule has 4 heteroatoms. The van der Waals surface area contributed by atoms with E-state index < -0.39 is 0 Å². The predicted octanol–water partition coefficient (Wildman–Crippen LogP) is 1.03. The van der Waals surface area contributed by atoms with E-state index in [9.17, 15) is 5.21 Å². The third kappa shape index (κ3) is 1.33. The van der Waals surface area contributed by atoms with Gasteiger partial charge in [0.15, 0.2) is 11.9 Å². The second-order valence-corrected chi connectivity index (χ2v) is 2.70. The van der Waals surface area contributed by atoms with Crippen molar-refractivity contribution < 1.29 is 9.94 Å². The number of hydrogen-bond donors (Lipinski definition) is 1. The lowest BCUT2D eigenvalue weighted by atomic mass is 10.2. The first kappa shape index (κ1) is 7.67. The highest BCUT2D eigenvalue weighted by Crippen LogP contribution is 2.13. The topological polar surface area (TPSA) is 52.1 Å². The van der Waals surface area contributed by atoms with Crippen molar-refractivity contribution in [3.05, 3.63) is 48.1 Å².